The lowest BCUT2D eigenvalue weighted by molar-refractivity contribution is 0.117. The van der Waals surface area contributed by atoms with E-state index in [0.29, 0.717) is 25.7 Å². The molecule has 1 saturated carbocycles. The van der Waals surface area contributed by atoms with E-state index in [-0.39, 0.29) is 6.03 Å². The van der Waals surface area contributed by atoms with Gasteiger partial charge in [-0.25, -0.2) is 4.79 Å². The van der Waals surface area contributed by atoms with Gasteiger partial charge in [-0.3, -0.25) is 0 Å². The van der Waals surface area contributed by atoms with Gasteiger partial charge in [0.2, 0.25) is 0 Å². The number of hydrogen-bond acceptors (Lipinski definition) is 3. The molecule has 1 heterocycles. The van der Waals surface area contributed by atoms with Crippen molar-refractivity contribution in [3.05, 3.63) is 29.3 Å². The van der Waals surface area contributed by atoms with Crippen molar-refractivity contribution in [2.75, 3.05) is 18.9 Å². The molecule has 1 atom stereocenters. The van der Waals surface area contributed by atoms with E-state index < -0.39 is 6.10 Å². The van der Waals surface area contributed by atoms with Crippen molar-refractivity contribution in [1.29, 1.82) is 0 Å². The number of rotatable bonds is 4. The maximum atomic E-state index is 12.1. The van der Waals surface area contributed by atoms with Crippen LogP contribution in [0.5, 0.6) is 0 Å². The van der Waals surface area contributed by atoms with Crippen LogP contribution >= 0.6 is 0 Å². The first-order valence-corrected chi connectivity index (χ1v) is 7.03. The molecule has 1 fully saturated rings. The van der Waals surface area contributed by atoms with Crippen LogP contribution in [0.4, 0.5) is 10.5 Å². The Kier molecular flexibility index (Phi) is 3.63. The first-order chi connectivity index (χ1) is 9.63. The van der Waals surface area contributed by atoms with Gasteiger partial charge in [-0.2, -0.15) is 0 Å². The van der Waals surface area contributed by atoms with Crippen LogP contribution in [0.1, 0.15) is 24.0 Å². The van der Waals surface area contributed by atoms with Gasteiger partial charge in [0.05, 0.1) is 19.3 Å². The lowest BCUT2D eigenvalue weighted by atomic mass is 10.1. The summed E-state index contributed by atoms with van der Waals surface area (Å²) in [4.78, 5) is 13.6. The molecule has 1 aromatic carbocycles. The largest absolute Gasteiger partial charge is 0.391 e. The predicted octanol–water partition coefficient (Wildman–Crippen LogP) is 1.95. The SMILES string of the molecule is CN(CC(O)C1CC1)C(=O)Nc1ccc2c(c1)COC2. The number of hydrogen-bond donors (Lipinski definition) is 2. The van der Waals surface area contributed by atoms with Crippen LogP contribution in [0.3, 0.4) is 0 Å². The van der Waals surface area contributed by atoms with E-state index in [1.54, 1.807) is 7.05 Å². The van der Waals surface area contributed by atoms with Gasteiger partial charge in [-0.1, -0.05) is 6.07 Å². The highest BCUT2D eigenvalue weighted by molar-refractivity contribution is 5.89. The third-order valence-electron chi connectivity index (χ3n) is 3.95. The maximum Gasteiger partial charge on any atom is 0.321 e. The monoisotopic (exact) mass is 276 g/mol. The maximum absolute atomic E-state index is 12.1. The van der Waals surface area contributed by atoms with Crippen LogP contribution in [0.2, 0.25) is 0 Å². The van der Waals surface area contributed by atoms with Crippen molar-refractivity contribution >= 4 is 11.7 Å². The molecule has 2 amide bonds. The van der Waals surface area contributed by atoms with Gasteiger partial charge >= 0.3 is 6.03 Å². The van der Waals surface area contributed by atoms with E-state index in [0.717, 1.165) is 24.1 Å². The molecule has 1 aliphatic heterocycles. The third kappa shape index (κ3) is 2.94. The Hall–Kier alpha value is -1.59. The Bertz CT molecular complexity index is 514. The summed E-state index contributed by atoms with van der Waals surface area (Å²) in [6, 6.07) is 5.63. The Balaban J connectivity index is 1.57. The number of aliphatic hydroxyl groups excluding tert-OH is 1. The fourth-order valence-electron chi connectivity index (χ4n) is 2.46. The summed E-state index contributed by atoms with van der Waals surface area (Å²) >= 11 is 0. The average Bonchev–Trinajstić information content (AvgIpc) is 3.17. The molecule has 0 aromatic heterocycles. The van der Waals surface area contributed by atoms with E-state index in [1.165, 1.54) is 10.5 Å². The number of anilines is 1. The van der Waals surface area contributed by atoms with E-state index in [1.807, 2.05) is 18.2 Å². The summed E-state index contributed by atoms with van der Waals surface area (Å²) in [5, 5.41) is 12.7. The smallest absolute Gasteiger partial charge is 0.321 e. The van der Waals surface area contributed by atoms with E-state index >= 15 is 0 Å². The molecule has 3 rings (SSSR count). The topological polar surface area (TPSA) is 61.8 Å². The molecule has 0 radical (unpaired) electrons. The third-order valence-corrected chi connectivity index (χ3v) is 3.95. The summed E-state index contributed by atoms with van der Waals surface area (Å²) in [7, 11) is 1.71. The first-order valence-electron chi connectivity index (χ1n) is 7.03. The summed E-state index contributed by atoms with van der Waals surface area (Å²) in [6.45, 7) is 1.64. The molecule has 5 heteroatoms. The Labute approximate surface area is 118 Å². The Morgan fingerprint density at radius 3 is 2.95 bits per heavy atom. The average molecular weight is 276 g/mol. The number of nitrogens with zero attached hydrogens (tertiary/aromatic N) is 1. The van der Waals surface area contributed by atoms with Gasteiger partial charge in [0.15, 0.2) is 0 Å². The molecule has 2 N–H and O–H groups in total. The number of carbonyl (C=O) groups excluding carboxylic acids is 1. The summed E-state index contributed by atoms with van der Waals surface area (Å²) in [5.41, 5.74) is 3.08. The Morgan fingerprint density at radius 2 is 2.20 bits per heavy atom. The number of carbonyl (C=O) groups is 1. The van der Waals surface area contributed by atoms with E-state index in [9.17, 15) is 9.90 Å². The zero-order valence-electron chi connectivity index (χ0n) is 11.6. The number of fused-ring (bicyclic) bond motifs is 1. The van der Waals surface area contributed by atoms with E-state index in [2.05, 4.69) is 5.32 Å². The molecule has 0 bridgehead atoms. The molecular weight excluding hydrogens is 256 g/mol. The van der Waals surface area contributed by atoms with Crippen LogP contribution in [-0.2, 0) is 18.0 Å². The highest BCUT2D eigenvalue weighted by Gasteiger charge is 2.31. The first kappa shape index (κ1) is 13.4. The second-order valence-electron chi connectivity index (χ2n) is 5.69. The minimum Gasteiger partial charge on any atom is -0.391 e. The standard InChI is InChI=1S/C15H20N2O3/c1-17(7-14(18)10-2-3-10)15(19)16-13-5-4-11-8-20-9-12(11)6-13/h4-6,10,14,18H,2-3,7-9H2,1H3,(H,16,19). The van der Waals surface area contributed by atoms with Crippen LogP contribution in [-0.4, -0.2) is 35.7 Å². The van der Waals surface area contributed by atoms with Crippen LogP contribution in [0.15, 0.2) is 18.2 Å². The molecule has 20 heavy (non-hydrogen) atoms. The molecule has 1 aliphatic carbocycles. The second-order valence-corrected chi connectivity index (χ2v) is 5.69. The minimum absolute atomic E-state index is 0.191. The number of amides is 2. The van der Waals surface area contributed by atoms with Crippen molar-refractivity contribution in [2.45, 2.75) is 32.2 Å². The lowest BCUT2D eigenvalue weighted by Crippen LogP contribution is -2.38. The zero-order valence-corrected chi connectivity index (χ0v) is 11.6. The molecule has 108 valence electrons. The molecule has 1 aromatic rings. The predicted molar refractivity (Wildman–Crippen MR) is 75.3 cm³/mol. The number of aliphatic hydroxyl groups is 1. The van der Waals surface area contributed by atoms with Gasteiger partial charge in [0.25, 0.3) is 0 Å². The van der Waals surface area contributed by atoms with Gasteiger partial charge in [-0.05, 0) is 42.0 Å². The van der Waals surface area contributed by atoms with Crippen molar-refractivity contribution in [3.63, 3.8) is 0 Å². The molecule has 0 saturated heterocycles. The van der Waals surface area contributed by atoms with Crippen LogP contribution in [0, 0.1) is 5.92 Å². The van der Waals surface area contributed by atoms with Gasteiger partial charge in [0.1, 0.15) is 0 Å². The molecule has 0 spiro atoms. The highest BCUT2D eigenvalue weighted by atomic mass is 16.5. The van der Waals surface area contributed by atoms with E-state index in [4.69, 9.17) is 4.74 Å². The highest BCUT2D eigenvalue weighted by Crippen LogP contribution is 2.32. The van der Waals surface area contributed by atoms with Gasteiger partial charge in [-0.15, -0.1) is 0 Å². The zero-order chi connectivity index (χ0) is 14.1. The number of ether oxygens (including phenoxy) is 1. The summed E-state index contributed by atoms with van der Waals surface area (Å²) in [6.07, 6.45) is 1.74. The minimum atomic E-state index is -0.404. The number of likely N-dealkylation sites (N-methyl/N-ethyl adjacent to an activating group) is 1. The molecule has 2 aliphatic rings. The molecule has 1 unspecified atom stereocenters. The van der Waals surface area contributed by atoms with Crippen molar-refractivity contribution in [1.82, 2.24) is 4.90 Å². The van der Waals surface area contributed by atoms with Crippen molar-refractivity contribution in [3.8, 4) is 0 Å². The number of nitrogens with one attached hydrogen (secondary N) is 1. The van der Waals surface area contributed by atoms with Crippen LogP contribution < -0.4 is 5.32 Å². The summed E-state index contributed by atoms with van der Waals surface area (Å²) in [5.74, 6) is 0.377. The number of urea groups is 1. The fourth-order valence-corrected chi connectivity index (χ4v) is 2.46. The molecular formula is C15H20N2O3. The van der Waals surface area contributed by atoms with Crippen LogP contribution in [0.25, 0.3) is 0 Å². The quantitative estimate of drug-likeness (QED) is 0.883. The molecule has 5 nitrogen and oxygen atoms in total. The normalized spacial score (nSPS) is 18.5. The van der Waals surface area contributed by atoms with Crippen molar-refractivity contribution in [2.24, 2.45) is 5.92 Å². The summed E-state index contributed by atoms with van der Waals surface area (Å²) < 4.78 is 5.35. The Morgan fingerprint density at radius 1 is 1.45 bits per heavy atom. The fraction of sp³-hybridized carbons (Fsp3) is 0.533. The lowest BCUT2D eigenvalue weighted by Gasteiger charge is -2.21. The van der Waals surface area contributed by atoms with Gasteiger partial charge in [0, 0.05) is 19.3 Å². The number of benzene rings is 1. The second kappa shape index (κ2) is 5.42. The van der Waals surface area contributed by atoms with Gasteiger partial charge < -0.3 is 20.1 Å². The van der Waals surface area contributed by atoms with Crippen molar-refractivity contribution < 1.29 is 14.6 Å².